The van der Waals surface area contributed by atoms with Gasteiger partial charge in [0.15, 0.2) is 11.5 Å². The van der Waals surface area contributed by atoms with Gasteiger partial charge >= 0.3 is 5.97 Å². The summed E-state index contributed by atoms with van der Waals surface area (Å²) in [4.78, 5) is 35.7. The molecule has 0 heterocycles. The molecule has 0 aliphatic rings. The van der Waals surface area contributed by atoms with Gasteiger partial charge < -0.3 is 19.5 Å². The van der Waals surface area contributed by atoms with Crippen LogP contribution in [0.5, 0.6) is 17.2 Å². The summed E-state index contributed by atoms with van der Waals surface area (Å²) in [5.41, 5.74) is -0.110. The molecule has 0 unspecified atom stereocenters. The van der Waals surface area contributed by atoms with Gasteiger partial charge in [0.05, 0.1) is 29.2 Å². The number of anilines is 1. The van der Waals surface area contributed by atoms with Crippen molar-refractivity contribution in [3.05, 3.63) is 91.5 Å². The molecule has 0 bridgehead atoms. The molecule has 3 aromatic carbocycles. The Hall–Kier alpha value is -4.59. The summed E-state index contributed by atoms with van der Waals surface area (Å²) in [5, 5.41) is 23.0. The lowest BCUT2D eigenvalue weighted by Crippen LogP contribution is -2.13. The normalized spacial score (nSPS) is 10.8. The number of hydrogen-bond donors (Lipinski definition) is 1. The van der Waals surface area contributed by atoms with Crippen LogP contribution in [0.2, 0.25) is 10.0 Å². The fraction of sp³-hybridized carbons (Fsp3) is 0.115. The fourth-order valence-electron chi connectivity index (χ4n) is 3.16. The highest BCUT2D eigenvalue weighted by Crippen LogP contribution is 2.38. The average Bonchev–Trinajstić information content (AvgIpc) is 2.90. The second-order valence-corrected chi connectivity index (χ2v) is 8.24. The molecule has 1 N–H and O–H groups in total. The van der Waals surface area contributed by atoms with Crippen LogP contribution >= 0.6 is 23.2 Å². The van der Waals surface area contributed by atoms with E-state index in [1.807, 2.05) is 0 Å². The minimum atomic E-state index is -0.826. The molecule has 1 amide bonds. The second-order valence-electron chi connectivity index (χ2n) is 7.43. The highest BCUT2D eigenvalue weighted by Gasteiger charge is 2.19. The largest absolute Gasteiger partial charge is 0.497 e. The Labute approximate surface area is 227 Å². The van der Waals surface area contributed by atoms with Crippen molar-refractivity contribution in [1.29, 1.82) is 5.26 Å². The van der Waals surface area contributed by atoms with Crippen molar-refractivity contribution in [3.63, 3.8) is 0 Å². The van der Waals surface area contributed by atoms with Gasteiger partial charge in [-0.25, -0.2) is 4.79 Å². The number of hydrogen-bond acceptors (Lipinski definition) is 8. The Kier molecular flexibility index (Phi) is 9.27. The number of benzene rings is 3. The van der Waals surface area contributed by atoms with Crippen LogP contribution in [0.1, 0.15) is 22.8 Å². The summed E-state index contributed by atoms with van der Waals surface area (Å²) in [6.07, 6.45) is 1.24. The molecular weight excluding hydrogens is 537 g/mol. The van der Waals surface area contributed by atoms with Gasteiger partial charge in [-0.1, -0.05) is 23.2 Å². The molecule has 0 atom stereocenters. The smallest absolute Gasteiger partial charge is 0.343 e. The first-order chi connectivity index (χ1) is 18.2. The lowest BCUT2D eigenvalue weighted by atomic mass is 10.1. The summed E-state index contributed by atoms with van der Waals surface area (Å²) >= 11 is 12.2. The number of nitro benzene ring substituents is 1. The molecular formula is C26H19Cl2N3O7. The van der Waals surface area contributed by atoms with Gasteiger partial charge in [0.1, 0.15) is 22.4 Å². The maximum absolute atomic E-state index is 12.7. The first-order valence-electron chi connectivity index (χ1n) is 10.9. The van der Waals surface area contributed by atoms with Crippen LogP contribution in [-0.4, -0.2) is 30.5 Å². The molecule has 12 heteroatoms. The second kappa shape index (κ2) is 12.6. The van der Waals surface area contributed by atoms with Gasteiger partial charge in [0.2, 0.25) is 0 Å². The van der Waals surface area contributed by atoms with E-state index >= 15 is 0 Å². The SMILES string of the molecule is CCOc1cc(/C=C(\C#N)C(=O)Nc2ccc(Cl)c([N+](=O)[O-])c2)cc(Cl)c1OC(=O)c1ccc(OC)cc1. The number of halogens is 2. The lowest BCUT2D eigenvalue weighted by molar-refractivity contribution is -0.384. The third-order valence-electron chi connectivity index (χ3n) is 4.93. The molecule has 38 heavy (non-hydrogen) atoms. The van der Waals surface area contributed by atoms with Crippen LogP contribution in [0.25, 0.3) is 6.08 Å². The van der Waals surface area contributed by atoms with E-state index in [-0.39, 0.29) is 45.0 Å². The van der Waals surface area contributed by atoms with Gasteiger partial charge in [-0.2, -0.15) is 5.26 Å². The Morgan fingerprint density at radius 2 is 1.82 bits per heavy atom. The topological polar surface area (TPSA) is 141 Å². The van der Waals surface area contributed by atoms with Crippen molar-refractivity contribution >= 4 is 52.5 Å². The van der Waals surface area contributed by atoms with E-state index in [9.17, 15) is 25.0 Å². The summed E-state index contributed by atoms with van der Waals surface area (Å²) in [6, 6.07) is 14.6. The van der Waals surface area contributed by atoms with Gasteiger partial charge in [0.25, 0.3) is 11.6 Å². The average molecular weight is 556 g/mol. The first kappa shape index (κ1) is 28.0. The number of carbonyl (C=O) groups is 2. The zero-order valence-electron chi connectivity index (χ0n) is 20.0. The number of rotatable bonds is 9. The summed E-state index contributed by atoms with van der Waals surface area (Å²) in [7, 11) is 1.50. The molecule has 10 nitrogen and oxygen atoms in total. The van der Waals surface area contributed by atoms with E-state index in [1.54, 1.807) is 25.1 Å². The minimum Gasteiger partial charge on any atom is -0.497 e. The van der Waals surface area contributed by atoms with Gasteiger partial charge in [0, 0.05) is 11.8 Å². The number of esters is 1. The minimum absolute atomic E-state index is 0.00455. The number of nitro groups is 1. The lowest BCUT2D eigenvalue weighted by Gasteiger charge is -2.14. The number of methoxy groups -OCH3 is 1. The molecule has 194 valence electrons. The highest BCUT2D eigenvalue weighted by atomic mass is 35.5. The van der Waals surface area contributed by atoms with E-state index in [1.165, 1.54) is 49.6 Å². The van der Waals surface area contributed by atoms with Crippen LogP contribution in [0, 0.1) is 21.4 Å². The molecule has 0 saturated carbocycles. The van der Waals surface area contributed by atoms with Crippen molar-refractivity contribution in [2.24, 2.45) is 0 Å². The molecule has 3 aromatic rings. The molecule has 3 rings (SSSR count). The molecule has 0 aliphatic heterocycles. The Bertz CT molecular complexity index is 1460. The standard InChI is InChI=1S/C26H19Cl2N3O7/c1-3-37-23-12-15(11-21(28)24(23)38-26(33)16-4-7-19(36-2)8-5-16)10-17(14-29)25(32)30-18-6-9-20(27)22(13-18)31(34)35/h4-13H,3H2,1-2H3,(H,30,32)/b17-10+. The van der Waals surface area contributed by atoms with Crippen molar-refractivity contribution in [1.82, 2.24) is 0 Å². The highest BCUT2D eigenvalue weighted by molar-refractivity contribution is 6.33. The molecule has 0 spiro atoms. The molecule has 0 fully saturated rings. The fourth-order valence-corrected chi connectivity index (χ4v) is 3.60. The zero-order valence-corrected chi connectivity index (χ0v) is 21.5. The van der Waals surface area contributed by atoms with Crippen LogP contribution < -0.4 is 19.5 Å². The maximum Gasteiger partial charge on any atom is 0.343 e. The zero-order chi connectivity index (χ0) is 27.8. The monoisotopic (exact) mass is 555 g/mol. The number of carbonyl (C=O) groups excluding carboxylic acids is 2. The van der Waals surface area contributed by atoms with Crippen LogP contribution in [-0.2, 0) is 4.79 Å². The van der Waals surface area contributed by atoms with Crippen molar-refractivity contribution in [2.45, 2.75) is 6.92 Å². The van der Waals surface area contributed by atoms with Gasteiger partial charge in [-0.15, -0.1) is 0 Å². The Morgan fingerprint density at radius 1 is 1.11 bits per heavy atom. The molecule has 0 radical (unpaired) electrons. The van der Waals surface area contributed by atoms with E-state index in [2.05, 4.69) is 5.32 Å². The maximum atomic E-state index is 12.7. The Morgan fingerprint density at radius 3 is 2.42 bits per heavy atom. The van der Waals surface area contributed by atoms with E-state index in [0.29, 0.717) is 11.3 Å². The Balaban J connectivity index is 1.88. The third kappa shape index (κ3) is 6.79. The number of amides is 1. The third-order valence-corrected chi connectivity index (χ3v) is 5.53. The molecule has 0 aromatic heterocycles. The van der Waals surface area contributed by atoms with Crippen molar-refractivity contribution in [2.75, 3.05) is 19.0 Å². The van der Waals surface area contributed by atoms with Gasteiger partial charge in [-0.05, 0) is 67.1 Å². The van der Waals surface area contributed by atoms with E-state index in [0.717, 1.165) is 6.07 Å². The number of nitrogens with zero attached hydrogens (tertiary/aromatic N) is 2. The summed E-state index contributed by atoms with van der Waals surface area (Å²) < 4.78 is 16.1. The van der Waals surface area contributed by atoms with E-state index < -0.39 is 22.5 Å². The van der Waals surface area contributed by atoms with E-state index in [4.69, 9.17) is 37.4 Å². The number of nitrogens with one attached hydrogen (secondary N) is 1. The molecule has 0 aliphatic carbocycles. The van der Waals surface area contributed by atoms with Crippen molar-refractivity contribution in [3.8, 4) is 23.3 Å². The number of nitriles is 1. The van der Waals surface area contributed by atoms with Crippen LogP contribution in [0.3, 0.4) is 0 Å². The first-order valence-corrected chi connectivity index (χ1v) is 11.6. The van der Waals surface area contributed by atoms with Gasteiger partial charge in [-0.3, -0.25) is 14.9 Å². The van der Waals surface area contributed by atoms with Crippen LogP contribution in [0.4, 0.5) is 11.4 Å². The van der Waals surface area contributed by atoms with Crippen LogP contribution in [0.15, 0.2) is 60.2 Å². The summed E-state index contributed by atoms with van der Waals surface area (Å²) in [5.74, 6) is -0.874. The predicted molar refractivity (Wildman–Crippen MR) is 141 cm³/mol. The quantitative estimate of drug-likeness (QED) is 0.0836. The molecule has 0 saturated heterocycles. The van der Waals surface area contributed by atoms with Crippen molar-refractivity contribution < 1.29 is 28.7 Å². The number of ether oxygens (including phenoxy) is 3. The summed E-state index contributed by atoms with van der Waals surface area (Å²) in [6.45, 7) is 1.92. The predicted octanol–water partition coefficient (Wildman–Crippen LogP) is 6.07.